The summed E-state index contributed by atoms with van der Waals surface area (Å²) < 4.78 is 0. The van der Waals surface area contributed by atoms with E-state index in [0.29, 0.717) is 16.9 Å². The first-order chi connectivity index (χ1) is 13.3. The molecular weight excluding hydrogens is 344 g/mol. The highest BCUT2D eigenvalue weighted by molar-refractivity contribution is 5.25. The molecule has 3 heteroatoms. The second kappa shape index (κ2) is 7.71. The van der Waals surface area contributed by atoms with Crippen molar-refractivity contribution in [2.24, 2.45) is 34.5 Å². The molecule has 3 fully saturated rings. The van der Waals surface area contributed by atoms with Gasteiger partial charge in [-0.1, -0.05) is 25.5 Å². The highest BCUT2D eigenvalue weighted by Crippen LogP contribution is 2.66. The minimum absolute atomic E-state index is 0.0883. The SMILES string of the molecule is C[C@@H](NCCN(C)C)[C@H]1CC[C@H]2[C@@H]3CC=C4C[C@@H](O)CC[C@]4(C)[C@H]3CC[C@]12C. The van der Waals surface area contributed by atoms with Crippen molar-refractivity contribution in [1.82, 2.24) is 10.2 Å². The predicted octanol–water partition coefficient (Wildman–Crippen LogP) is 4.47. The van der Waals surface area contributed by atoms with Crippen LogP contribution in [0.3, 0.4) is 0 Å². The third kappa shape index (κ3) is 3.40. The van der Waals surface area contributed by atoms with E-state index in [1.807, 2.05) is 0 Å². The van der Waals surface area contributed by atoms with Gasteiger partial charge < -0.3 is 15.3 Å². The molecular formula is C25H44N2O. The van der Waals surface area contributed by atoms with Gasteiger partial charge in [-0.2, -0.15) is 0 Å². The zero-order chi connectivity index (χ0) is 20.1. The molecule has 3 saturated carbocycles. The Morgan fingerprint density at radius 3 is 2.68 bits per heavy atom. The van der Waals surface area contributed by atoms with Crippen LogP contribution in [0.25, 0.3) is 0 Å². The van der Waals surface area contributed by atoms with Crippen LogP contribution in [0.15, 0.2) is 11.6 Å². The molecule has 8 atom stereocenters. The number of rotatable bonds is 5. The summed E-state index contributed by atoms with van der Waals surface area (Å²) in [6.07, 6.45) is 12.6. The van der Waals surface area contributed by atoms with Crippen molar-refractivity contribution in [3.05, 3.63) is 11.6 Å². The molecule has 0 aromatic carbocycles. The van der Waals surface area contributed by atoms with Gasteiger partial charge in [0.25, 0.3) is 0 Å². The van der Waals surface area contributed by atoms with Crippen LogP contribution in [-0.2, 0) is 0 Å². The number of likely N-dealkylation sites (N-methyl/N-ethyl adjacent to an activating group) is 1. The predicted molar refractivity (Wildman–Crippen MR) is 117 cm³/mol. The molecule has 0 saturated heterocycles. The van der Waals surface area contributed by atoms with Gasteiger partial charge in [0.1, 0.15) is 0 Å². The van der Waals surface area contributed by atoms with E-state index in [-0.39, 0.29) is 6.10 Å². The summed E-state index contributed by atoms with van der Waals surface area (Å²) in [5.41, 5.74) is 2.49. The number of allylic oxidation sites excluding steroid dienone is 1. The van der Waals surface area contributed by atoms with Crippen molar-refractivity contribution in [3.8, 4) is 0 Å². The zero-order valence-electron chi connectivity index (χ0n) is 19.0. The smallest absolute Gasteiger partial charge is 0.0577 e. The molecule has 0 aromatic rings. The van der Waals surface area contributed by atoms with Gasteiger partial charge in [-0.25, -0.2) is 0 Å². The van der Waals surface area contributed by atoms with E-state index in [2.05, 4.69) is 51.2 Å². The van der Waals surface area contributed by atoms with Gasteiger partial charge in [-0.05, 0) is 107 Å². The number of hydrogen-bond donors (Lipinski definition) is 2. The fourth-order valence-corrected chi connectivity index (χ4v) is 8.16. The van der Waals surface area contributed by atoms with Gasteiger partial charge in [-0.3, -0.25) is 0 Å². The molecule has 0 amide bonds. The number of fused-ring (bicyclic) bond motifs is 5. The van der Waals surface area contributed by atoms with Crippen LogP contribution in [0.4, 0.5) is 0 Å². The van der Waals surface area contributed by atoms with Crippen LogP contribution >= 0.6 is 0 Å². The molecule has 28 heavy (non-hydrogen) atoms. The van der Waals surface area contributed by atoms with Crippen LogP contribution in [0.1, 0.15) is 72.1 Å². The molecule has 0 unspecified atom stereocenters. The minimum Gasteiger partial charge on any atom is -0.393 e. The summed E-state index contributed by atoms with van der Waals surface area (Å²) in [6.45, 7) is 9.86. The maximum Gasteiger partial charge on any atom is 0.0577 e. The number of hydrogen-bond acceptors (Lipinski definition) is 3. The summed E-state index contributed by atoms with van der Waals surface area (Å²) in [4.78, 5) is 2.28. The highest BCUT2D eigenvalue weighted by Gasteiger charge is 2.59. The Labute approximate surface area is 173 Å². The first kappa shape index (κ1) is 20.9. The van der Waals surface area contributed by atoms with E-state index in [9.17, 15) is 5.11 Å². The minimum atomic E-state index is -0.0883. The van der Waals surface area contributed by atoms with E-state index >= 15 is 0 Å². The summed E-state index contributed by atoms with van der Waals surface area (Å²) in [5.74, 6) is 3.46. The van der Waals surface area contributed by atoms with E-state index < -0.39 is 0 Å². The van der Waals surface area contributed by atoms with Crippen LogP contribution in [0.2, 0.25) is 0 Å². The lowest BCUT2D eigenvalue weighted by molar-refractivity contribution is -0.0535. The number of aliphatic hydroxyl groups excluding tert-OH is 1. The number of nitrogens with one attached hydrogen (secondary N) is 1. The van der Waals surface area contributed by atoms with Gasteiger partial charge in [-0.15, -0.1) is 0 Å². The number of aliphatic hydroxyl groups is 1. The second-order valence-electron chi connectivity index (χ2n) is 11.4. The van der Waals surface area contributed by atoms with E-state index in [4.69, 9.17) is 0 Å². The van der Waals surface area contributed by atoms with E-state index in [0.717, 1.165) is 49.6 Å². The molecule has 4 aliphatic rings. The Kier molecular flexibility index (Phi) is 5.74. The Bertz CT molecular complexity index is 601. The summed E-state index contributed by atoms with van der Waals surface area (Å²) in [6, 6.07) is 0.626. The van der Waals surface area contributed by atoms with E-state index in [1.54, 1.807) is 5.57 Å². The molecule has 4 rings (SSSR count). The van der Waals surface area contributed by atoms with Gasteiger partial charge in [0, 0.05) is 19.1 Å². The van der Waals surface area contributed by atoms with Gasteiger partial charge in [0.2, 0.25) is 0 Å². The Morgan fingerprint density at radius 2 is 1.93 bits per heavy atom. The molecule has 0 aliphatic heterocycles. The molecule has 2 N–H and O–H groups in total. The van der Waals surface area contributed by atoms with Crippen LogP contribution in [0, 0.1) is 34.5 Å². The molecule has 160 valence electrons. The van der Waals surface area contributed by atoms with Crippen molar-refractivity contribution in [3.63, 3.8) is 0 Å². The third-order valence-corrected chi connectivity index (χ3v) is 9.78. The lowest BCUT2D eigenvalue weighted by Crippen LogP contribution is -2.52. The van der Waals surface area contributed by atoms with Crippen LogP contribution in [0.5, 0.6) is 0 Å². The zero-order valence-corrected chi connectivity index (χ0v) is 19.0. The average Bonchev–Trinajstić information content (AvgIpc) is 2.99. The largest absolute Gasteiger partial charge is 0.393 e. The fraction of sp³-hybridized carbons (Fsp3) is 0.920. The van der Waals surface area contributed by atoms with Gasteiger partial charge >= 0.3 is 0 Å². The fourth-order valence-electron chi connectivity index (χ4n) is 8.16. The van der Waals surface area contributed by atoms with E-state index in [1.165, 1.54) is 38.5 Å². The van der Waals surface area contributed by atoms with Crippen LogP contribution < -0.4 is 5.32 Å². The maximum atomic E-state index is 10.2. The monoisotopic (exact) mass is 388 g/mol. The molecule has 3 nitrogen and oxygen atoms in total. The Balaban J connectivity index is 1.49. The molecule has 0 heterocycles. The normalized spacial score (nSPS) is 46.5. The summed E-state index contributed by atoms with van der Waals surface area (Å²) in [7, 11) is 4.33. The molecule has 0 aromatic heterocycles. The first-order valence-corrected chi connectivity index (χ1v) is 12.0. The van der Waals surface area contributed by atoms with Gasteiger partial charge in [0.05, 0.1) is 6.10 Å². The summed E-state index contributed by atoms with van der Waals surface area (Å²) >= 11 is 0. The molecule has 4 aliphatic carbocycles. The van der Waals surface area contributed by atoms with Crippen molar-refractivity contribution in [2.45, 2.75) is 84.3 Å². The molecule has 0 bridgehead atoms. The van der Waals surface area contributed by atoms with Crippen molar-refractivity contribution >= 4 is 0 Å². The maximum absolute atomic E-state index is 10.2. The summed E-state index contributed by atoms with van der Waals surface area (Å²) in [5, 5.41) is 14.1. The standard InChI is InChI=1S/C25H44N2O/c1-17(26-14-15-27(4)5)21-8-9-22-20-7-6-18-16-19(28)10-12-24(18,2)23(20)11-13-25(21,22)3/h6,17,19-23,26,28H,7-16H2,1-5H3/t17-,19+,20+,21-,22+,23+,24+,25-/m1/s1. The Hall–Kier alpha value is -0.380. The van der Waals surface area contributed by atoms with Crippen molar-refractivity contribution in [2.75, 3.05) is 27.2 Å². The highest BCUT2D eigenvalue weighted by atomic mass is 16.3. The average molecular weight is 389 g/mol. The molecule has 0 radical (unpaired) electrons. The quantitative estimate of drug-likeness (QED) is 0.682. The van der Waals surface area contributed by atoms with Crippen molar-refractivity contribution < 1.29 is 5.11 Å². The lowest BCUT2D eigenvalue weighted by Gasteiger charge is -2.58. The third-order valence-electron chi connectivity index (χ3n) is 9.78. The Morgan fingerprint density at radius 1 is 1.14 bits per heavy atom. The first-order valence-electron chi connectivity index (χ1n) is 12.0. The number of nitrogens with zero attached hydrogens (tertiary/aromatic N) is 1. The topological polar surface area (TPSA) is 35.5 Å². The van der Waals surface area contributed by atoms with Crippen molar-refractivity contribution in [1.29, 1.82) is 0 Å². The van der Waals surface area contributed by atoms with Gasteiger partial charge in [0.15, 0.2) is 0 Å². The lowest BCUT2D eigenvalue weighted by atomic mass is 9.47. The molecule has 0 spiro atoms. The second-order valence-corrected chi connectivity index (χ2v) is 11.4. The van der Waals surface area contributed by atoms with Crippen LogP contribution in [-0.4, -0.2) is 49.3 Å².